The molecule has 0 aliphatic carbocycles. The SMILES string of the molecule is CC(=O)CN1CCN(S(=O)(=O)Cc2ccccc2C)CC1. The molecule has 116 valence electrons. The Labute approximate surface area is 126 Å². The molecular formula is C15H22N2O3S. The zero-order valence-electron chi connectivity index (χ0n) is 12.6. The van der Waals surface area contributed by atoms with Crippen molar-refractivity contribution in [1.29, 1.82) is 0 Å². The van der Waals surface area contributed by atoms with Crippen molar-refractivity contribution >= 4 is 15.8 Å². The van der Waals surface area contributed by atoms with Crippen molar-refractivity contribution in [2.24, 2.45) is 0 Å². The topological polar surface area (TPSA) is 57.7 Å². The summed E-state index contributed by atoms with van der Waals surface area (Å²) < 4.78 is 26.5. The molecule has 0 atom stereocenters. The number of carbonyl (C=O) groups is 1. The van der Waals surface area contributed by atoms with Crippen molar-refractivity contribution in [1.82, 2.24) is 9.21 Å². The summed E-state index contributed by atoms with van der Waals surface area (Å²) in [5, 5.41) is 0. The van der Waals surface area contributed by atoms with Gasteiger partial charge in [0, 0.05) is 26.2 Å². The van der Waals surface area contributed by atoms with Crippen LogP contribution in [0.25, 0.3) is 0 Å². The summed E-state index contributed by atoms with van der Waals surface area (Å²) in [6, 6.07) is 7.56. The smallest absolute Gasteiger partial charge is 0.218 e. The molecule has 0 spiro atoms. The van der Waals surface area contributed by atoms with Crippen LogP contribution in [0.1, 0.15) is 18.1 Å². The Morgan fingerprint density at radius 3 is 2.33 bits per heavy atom. The number of hydrogen-bond acceptors (Lipinski definition) is 4. The molecule has 21 heavy (non-hydrogen) atoms. The molecule has 1 aromatic carbocycles. The molecule has 1 saturated heterocycles. The Balaban J connectivity index is 1.99. The summed E-state index contributed by atoms with van der Waals surface area (Å²) in [7, 11) is -3.29. The van der Waals surface area contributed by atoms with Crippen LogP contribution in [0, 0.1) is 6.92 Å². The van der Waals surface area contributed by atoms with Gasteiger partial charge in [0.25, 0.3) is 0 Å². The van der Waals surface area contributed by atoms with Gasteiger partial charge in [-0.2, -0.15) is 4.31 Å². The number of sulfonamides is 1. The van der Waals surface area contributed by atoms with Gasteiger partial charge in [-0.05, 0) is 25.0 Å². The molecular weight excluding hydrogens is 288 g/mol. The van der Waals surface area contributed by atoms with E-state index in [4.69, 9.17) is 0 Å². The van der Waals surface area contributed by atoms with Crippen molar-refractivity contribution in [2.75, 3.05) is 32.7 Å². The van der Waals surface area contributed by atoms with E-state index in [2.05, 4.69) is 0 Å². The number of Topliss-reactive ketones (excluding diaryl/α,β-unsaturated/α-hetero) is 1. The Kier molecular flexibility index (Phi) is 5.13. The first kappa shape index (κ1) is 16.1. The van der Waals surface area contributed by atoms with Crippen molar-refractivity contribution in [3.8, 4) is 0 Å². The normalized spacial score (nSPS) is 17.8. The van der Waals surface area contributed by atoms with Crippen molar-refractivity contribution in [3.63, 3.8) is 0 Å². The van der Waals surface area contributed by atoms with Gasteiger partial charge < -0.3 is 0 Å². The quantitative estimate of drug-likeness (QED) is 0.815. The van der Waals surface area contributed by atoms with Gasteiger partial charge in [0.05, 0.1) is 12.3 Å². The number of benzene rings is 1. The number of carbonyl (C=O) groups excluding carboxylic acids is 1. The second kappa shape index (κ2) is 6.68. The van der Waals surface area contributed by atoms with Crippen molar-refractivity contribution < 1.29 is 13.2 Å². The molecule has 0 N–H and O–H groups in total. The van der Waals surface area contributed by atoms with E-state index in [9.17, 15) is 13.2 Å². The molecule has 1 aliphatic rings. The molecule has 2 rings (SSSR count). The van der Waals surface area contributed by atoms with E-state index < -0.39 is 10.0 Å². The third kappa shape index (κ3) is 4.36. The standard InChI is InChI=1S/C15H22N2O3S/c1-13-5-3-4-6-15(13)12-21(19,20)17-9-7-16(8-10-17)11-14(2)18/h3-6H,7-12H2,1-2H3. The lowest BCUT2D eigenvalue weighted by molar-refractivity contribution is -0.118. The van der Waals surface area contributed by atoms with Gasteiger partial charge in [-0.25, -0.2) is 8.42 Å². The maximum atomic E-state index is 12.5. The third-order valence-electron chi connectivity index (χ3n) is 3.77. The van der Waals surface area contributed by atoms with Crippen LogP contribution in [-0.2, 0) is 20.6 Å². The van der Waals surface area contributed by atoms with E-state index in [0.717, 1.165) is 11.1 Å². The average molecular weight is 310 g/mol. The van der Waals surface area contributed by atoms with Gasteiger partial charge in [0.1, 0.15) is 5.78 Å². The van der Waals surface area contributed by atoms with Crippen LogP contribution in [0.3, 0.4) is 0 Å². The second-order valence-corrected chi connectivity index (χ2v) is 7.53. The van der Waals surface area contributed by atoms with Crippen LogP contribution in [0.15, 0.2) is 24.3 Å². The van der Waals surface area contributed by atoms with Crippen LogP contribution in [-0.4, -0.2) is 56.1 Å². The third-order valence-corrected chi connectivity index (χ3v) is 5.60. The van der Waals surface area contributed by atoms with E-state index in [1.54, 1.807) is 6.92 Å². The number of aryl methyl sites for hydroxylation is 1. The van der Waals surface area contributed by atoms with E-state index in [1.807, 2.05) is 36.1 Å². The largest absolute Gasteiger partial charge is 0.299 e. The highest BCUT2D eigenvalue weighted by Crippen LogP contribution is 2.16. The first-order chi connectivity index (χ1) is 9.88. The second-order valence-electron chi connectivity index (χ2n) is 5.56. The summed E-state index contributed by atoms with van der Waals surface area (Å²) in [5.41, 5.74) is 1.85. The van der Waals surface area contributed by atoms with E-state index in [0.29, 0.717) is 32.7 Å². The van der Waals surface area contributed by atoms with Gasteiger partial charge in [0.2, 0.25) is 10.0 Å². The fourth-order valence-electron chi connectivity index (χ4n) is 2.54. The summed E-state index contributed by atoms with van der Waals surface area (Å²) in [5.74, 6) is 0.165. The predicted molar refractivity (Wildman–Crippen MR) is 82.5 cm³/mol. The number of rotatable bonds is 5. The van der Waals surface area contributed by atoms with Crippen molar-refractivity contribution in [2.45, 2.75) is 19.6 Å². The zero-order valence-corrected chi connectivity index (χ0v) is 13.4. The van der Waals surface area contributed by atoms with Gasteiger partial charge in [0.15, 0.2) is 0 Å². The molecule has 0 aromatic heterocycles. The summed E-state index contributed by atoms with van der Waals surface area (Å²) >= 11 is 0. The van der Waals surface area contributed by atoms with Crippen LogP contribution in [0.2, 0.25) is 0 Å². The molecule has 1 fully saturated rings. The fourth-order valence-corrected chi connectivity index (χ4v) is 4.16. The minimum absolute atomic E-state index is 0.0480. The Morgan fingerprint density at radius 2 is 1.76 bits per heavy atom. The predicted octanol–water partition coefficient (Wildman–Crippen LogP) is 1.03. The molecule has 1 heterocycles. The Bertz CT molecular complexity index is 605. The van der Waals surface area contributed by atoms with Gasteiger partial charge >= 0.3 is 0 Å². The van der Waals surface area contributed by atoms with Gasteiger partial charge in [-0.3, -0.25) is 9.69 Å². The first-order valence-corrected chi connectivity index (χ1v) is 8.73. The van der Waals surface area contributed by atoms with Gasteiger partial charge in [-0.15, -0.1) is 0 Å². The molecule has 0 unspecified atom stereocenters. The fraction of sp³-hybridized carbons (Fsp3) is 0.533. The molecule has 0 saturated carbocycles. The summed E-state index contributed by atoms with van der Waals surface area (Å²) in [6.07, 6.45) is 0. The van der Waals surface area contributed by atoms with Gasteiger partial charge in [-0.1, -0.05) is 24.3 Å². The molecule has 0 bridgehead atoms. The average Bonchev–Trinajstić information content (AvgIpc) is 2.41. The number of nitrogens with zero attached hydrogens (tertiary/aromatic N) is 2. The summed E-state index contributed by atoms with van der Waals surface area (Å²) in [6.45, 7) is 6.05. The van der Waals surface area contributed by atoms with Crippen molar-refractivity contribution in [3.05, 3.63) is 35.4 Å². The maximum Gasteiger partial charge on any atom is 0.218 e. The van der Waals surface area contributed by atoms with E-state index in [1.165, 1.54) is 4.31 Å². The monoisotopic (exact) mass is 310 g/mol. The molecule has 1 aliphatic heterocycles. The Hall–Kier alpha value is -1.24. The Morgan fingerprint density at radius 1 is 1.14 bits per heavy atom. The molecule has 5 nitrogen and oxygen atoms in total. The highest BCUT2D eigenvalue weighted by molar-refractivity contribution is 7.88. The summed E-state index contributed by atoms with van der Waals surface area (Å²) in [4.78, 5) is 13.1. The lowest BCUT2D eigenvalue weighted by Crippen LogP contribution is -2.49. The first-order valence-electron chi connectivity index (χ1n) is 7.12. The van der Waals surface area contributed by atoms with E-state index >= 15 is 0 Å². The van der Waals surface area contributed by atoms with E-state index in [-0.39, 0.29) is 11.5 Å². The number of ketones is 1. The highest BCUT2D eigenvalue weighted by atomic mass is 32.2. The van der Waals surface area contributed by atoms with Crippen LogP contribution < -0.4 is 0 Å². The minimum atomic E-state index is -3.29. The lowest BCUT2D eigenvalue weighted by atomic mass is 10.1. The molecule has 1 aromatic rings. The minimum Gasteiger partial charge on any atom is -0.299 e. The van der Waals surface area contributed by atoms with Crippen LogP contribution in [0.4, 0.5) is 0 Å². The maximum absolute atomic E-state index is 12.5. The number of hydrogen-bond donors (Lipinski definition) is 0. The molecule has 6 heteroatoms. The molecule has 0 radical (unpaired) electrons. The highest BCUT2D eigenvalue weighted by Gasteiger charge is 2.27. The molecule has 0 amide bonds. The zero-order chi connectivity index (χ0) is 15.5. The van der Waals surface area contributed by atoms with Crippen LogP contribution >= 0.6 is 0 Å². The number of piperazine rings is 1. The van der Waals surface area contributed by atoms with Crippen LogP contribution in [0.5, 0.6) is 0 Å². The lowest BCUT2D eigenvalue weighted by Gasteiger charge is -2.33.